The topological polar surface area (TPSA) is 17.8 Å². The molecule has 0 amide bonds. The summed E-state index contributed by atoms with van der Waals surface area (Å²) in [6.07, 6.45) is 2.07. The lowest BCUT2D eigenvalue weighted by atomic mass is 10.3. The molecule has 2 heterocycles. The molecule has 0 radical (unpaired) electrons. The molecule has 2 rings (SSSR count). The molecule has 0 unspecified atom stereocenters. The molecular formula is C14H18N2. The Kier molecular flexibility index (Phi) is 3.09. The maximum atomic E-state index is 4.60. The highest BCUT2D eigenvalue weighted by molar-refractivity contribution is 5.33. The van der Waals surface area contributed by atoms with Crippen molar-refractivity contribution in [3.63, 3.8) is 0 Å². The number of rotatable bonds is 3. The van der Waals surface area contributed by atoms with Gasteiger partial charge < -0.3 is 4.57 Å². The molecule has 0 aliphatic rings. The fourth-order valence-corrected chi connectivity index (χ4v) is 2.03. The Labute approximate surface area is 97.0 Å². The van der Waals surface area contributed by atoms with Gasteiger partial charge in [-0.25, -0.2) is 4.98 Å². The SMILES string of the molecule is CCc1ccc(CC)n1-c1cccc(C)n1. The third kappa shape index (κ3) is 1.87. The third-order valence-electron chi connectivity index (χ3n) is 2.87. The molecule has 2 aromatic rings. The number of aromatic nitrogens is 2. The lowest BCUT2D eigenvalue weighted by Crippen LogP contribution is -2.05. The number of aryl methyl sites for hydroxylation is 3. The van der Waals surface area contributed by atoms with Crippen LogP contribution in [0.4, 0.5) is 0 Å². The van der Waals surface area contributed by atoms with Crippen LogP contribution in [0.15, 0.2) is 30.3 Å². The minimum absolute atomic E-state index is 1.04. The standard InChI is InChI=1S/C14H18N2/c1-4-12-9-10-13(5-2)16(12)14-8-6-7-11(3)15-14/h6-10H,4-5H2,1-3H3. The average molecular weight is 214 g/mol. The molecule has 2 heteroatoms. The largest absolute Gasteiger partial charge is 0.303 e. The molecule has 0 saturated heterocycles. The zero-order valence-electron chi connectivity index (χ0n) is 10.2. The molecule has 0 bridgehead atoms. The molecule has 0 spiro atoms. The van der Waals surface area contributed by atoms with Crippen LogP contribution in [0.1, 0.15) is 30.9 Å². The number of hydrogen-bond acceptors (Lipinski definition) is 1. The highest BCUT2D eigenvalue weighted by atomic mass is 15.1. The van der Waals surface area contributed by atoms with Crippen LogP contribution < -0.4 is 0 Å². The molecule has 0 N–H and O–H groups in total. The van der Waals surface area contributed by atoms with Crippen LogP contribution in [0.3, 0.4) is 0 Å². The van der Waals surface area contributed by atoms with E-state index in [0.717, 1.165) is 24.4 Å². The molecule has 84 valence electrons. The van der Waals surface area contributed by atoms with E-state index in [9.17, 15) is 0 Å². The van der Waals surface area contributed by atoms with Gasteiger partial charge in [0.05, 0.1) is 0 Å². The lowest BCUT2D eigenvalue weighted by Gasteiger charge is -2.11. The fourth-order valence-electron chi connectivity index (χ4n) is 2.03. The van der Waals surface area contributed by atoms with Gasteiger partial charge in [-0.2, -0.15) is 0 Å². The van der Waals surface area contributed by atoms with E-state index in [1.807, 2.05) is 13.0 Å². The maximum Gasteiger partial charge on any atom is 0.137 e. The number of nitrogens with zero attached hydrogens (tertiary/aromatic N) is 2. The van der Waals surface area contributed by atoms with Crippen LogP contribution in [0.5, 0.6) is 0 Å². The van der Waals surface area contributed by atoms with E-state index in [0.29, 0.717) is 0 Å². The van der Waals surface area contributed by atoms with E-state index < -0.39 is 0 Å². The molecule has 0 aliphatic carbocycles. The Morgan fingerprint density at radius 1 is 1.00 bits per heavy atom. The van der Waals surface area contributed by atoms with Crippen molar-refractivity contribution in [3.05, 3.63) is 47.4 Å². The summed E-state index contributed by atoms with van der Waals surface area (Å²) in [5.74, 6) is 1.04. The van der Waals surface area contributed by atoms with Crippen LogP contribution in [-0.2, 0) is 12.8 Å². The van der Waals surface area contributed by atoms with Gasteiger partial charge in [-0.05, 0) is 44.0 Å². The Bertz CT molecular complexity index is 462. The fraction of sp³-hybridized carbons (Fsp3) is 0.357. The summed E-state index contributed by atoms with van der Waals surface area (Å²) in [7, 11) is 0. The second kappa shape index (κ2) is 4.52. The zero-order valence-corrected chi connectivity index (χ0v) is 10.2. The molecule has 0 aromatic carbocycles. The van der Waals surface area contributed by atoms with E-state index in [-0.39, 0.29) is 0 Å². The van der Waals surface area contributed by atoms with Gasteiger partial charge in [0.2, 0.25) is 0 Å². The van der Waals surface area contributed by atoms with Gasteiger partial charge >= 0.3 is 0 Å². The molecular weight excluding hydrogens is 196 g/mol. The predicted molar refractivity (Wildman–Crippen MR) is 67.1 cm³/mol. The van der Waals surface area contributed by atoms with E-state index in [1.54, 1.807) is 0 Å². The second-order valence-electron chi connectivity index (χ2n) is 4.00. The summed E-state index contributed by atoms with van der Waals surface area (Å²) in [6.45, 7) is 6.40. The normalized spacial score (nSPS) is 10.7. The van der Waals surface area contributed by atoms with Gasteiger partial charge in [0, 0.05) is 17.1 Å². The van der Waals surface area contributed by atoms with Crippen molar-refractivity contribution < 1.29 is 0 Å². The Morgan fingerprint density at radius 3 is 2.12 bits per heavy atom. The Morgan fingerprint density at radius 2 is 1.62 bits per heavy atom. The molecule has 2 nitrogen and oxygen atoms in total. The van der Waals surface area contributed by atoms with Crippen LogP contribution >= 0.6 is 0 Å². The summed E-state index contributed by atoms with van der Waals surface area (Å²) in [6, 6.07) is 10.6. The van der Waals surface area contributed by atoms with Crippen LogP contribution in [0.25, 0.3) is 5.82 Å². The van der Waals surface area contributed by atoms with E-state index in [4.69, 9.17) is 0 Å². The van der Waals surface area contributed by atoms with Crippen molar-refractivity contribution >= 4 is 0 Å². The van der Waals surface area contributed by atoms with Gasteiger partial charge in [0.15, 0.2) is 0 Å². The van der Waals surface area contributed by atoms with E-state index in [1.165, 1.54) is 11.4 Å². The monoisotopic (exact) mass is 214 g/mol. The first-order valence-electron chi connectivity index (χ1n) is 5.89. The molecule has 0 saturated carbocycles. The molecule has 16 heavy (non-hydrogen) atoms. The average Bonchev–Trinajstić information content (AvgIpc) is 2.71. The molecule has 0 fully saturated rings. The van der Waals surface area contributed by atoms with Crippen molar-refractivity contribution in [1.82, 2.24) is 9.55 Å². The predicted octanol–water partition coefficient (Wildman–Crippen LogP) is 3.31. The third-order valence-corrected chi connectivity index (χ3v) is 2.87. The van der Waals surface area contributed by atoms with Gasteiger partial charge in [-0.15, -0.1) is 0 Å². The highest BCUT2D eigenvalue weighted by Crippen LogP contribution is 2.17. The quantitative estimate of drug-likeness (QED) is 0.766. The first-order chi connectivity index (χ1) is 7.76. The minimum Gasteiger partial charge on any atom is -0.303 e. The smallest absolute Gasteiger partial charge is 0.137 e. The van der Waals surface area contributed by atoms with Gasteiger partial charge in [-0.3, -0.25) is 0 Å². The summed E-state index contributed by atoms with van der Waals surface area (Å²) in [4.78, 5) is 4.60. The molecule has 0 aliphatic heterocycles. The van der Waals surface area contributed by atoms with E-state index in [2.05, 4.69) is 47.7 Å². The first kappa shape index (κ1) is 10.9. The lowest BCUT2D eigenvalue weighted by molar-refractivity contribution is 0.839. The zero-order chi connectivity index (χ0) is 11.5. The molecule has 0 atom stereocenters. The summed E-state index contributed by atoms with van der Waals surface area (Å²) >= 11 is 0. The van der Waals surface area contributed by atoms with Gasteiger partial charge in [0.1, 0.15) is 5.82 Å². The summed E-state index contributed by atoms with van der Waals surface area (Å²) in [5.41, 5.74) is 3.72. The Balaban J connectivity index is 2.57. The first-order valence-corrected chi connectivity index (χ1v) is 5.89. The molecule has 2 aromatic heterocycles. The second-order valence-corrected chi connectivity index (χ2v) is 4.00. The summed E-state index contributed by atoms with van der Waals surface area (Å²) in [5, 5.41) is 0. The highest BCUT2D eigenvalue weighted by Gasteiger charge is 2.08. The van der Waals surface area contributed by atoms with Crippen molar-refractivity contribution in [2.45, 2.75) is 33.6 Å². The Hall–Kier alpha value is -1.57. The van der Waals surface area contributed by atoms with Crippen LogP contribution in [0.2, 0.25) is 0 Å². The summed E-state index contributed by atoms with van der Waals surface area (Å²) < 4.78 is 2.27. The number of pyridine rings is 1. The number of hydrogen-bond donors (Lipinski definition) is 0. The minimum atomic E-state index is 1.04. The maximum absolute atomic E-state index is 4.60. The van der Waals surface area contributed by atoms with Gasteiger partial charge in [-0.1, -0.05) is 19.9 Å². The van der Waals surface area contributed by atoms with Crippen LogP contribution in [-0.4, -0.2) is 9.55 Å². The van der Waals surface area contributed by atoms with Crippen LogP contribution in [0, 0.1) is 6.92 Å². The van der Waals surface area contributed by atoms with Crippen molar-refractivity contribution in [1.29, 1.82) is 0 Å². The van der Waals surface area contributed by atoms with Crippen molar-refractivity contribution in [3.8, 4) is 5.82 Å². The van der Waals surface area contributed by atoms with E-state index >= 15 is 0 Å². The van der Waals surface area contributed by atoms with Crippen molar-refractivity contribution in [2.24, 2.45) is 0 Å². The van der Waals surface area contributed by atoms with Gasteiger partial charge in [0.25, 0.3) is 0 Å². The van der Waals surface area contributed by atoms with Crippen molar-refractivity contribution in [2.75, 3.05) is 0 Å².